The number of hydrogen-bond acceptors (Lipinski definition) is 6. The Hall–Kier alpha value is -4.34. The van der Waals surface area contributed by atoms with E-state index in [0.29, 0.717) is 35.8 Å². The molecule has 1 unspecified atom stereocenters. The van der Waals surface area contributed by atoms with Crippen LogP contribution in [0, 0.1) is 0 Å². The molecule has 0 saturated heterocycles. The number of halogens is 1. The topological polar surface area (TPSA) is 131 Å². The summed E-state index contributed by atoms with van der Waals surface area (Å²) in [4.78, 5) is 33.1. The molecular formula is C31H32ClN5O4. The molecule has 4 aromatic rings. The number of H-pyrrole nitrogens is 1. The number of methoxy groups -OCH3 is 1. The highest BCUT2D eigenvalue weighted by atomic mass is 35.5. The van der Waals surface area contributed by atoms with Gasteiger partial charge in [0.15, 0.2) is 0 Å². The van der Waals surface area contributed by atoms with Gasteiger partial charge in [-0.05, 0) is 47.9 Å². The summed E-state index contributed by atoms with van der Waals surface area (Å²) in [6.45, 7) is 0.428. The van der Waals surface area contributed by atoms with Crippen LogP contribution in [0.1, 0.15) is 51.2 Å². The van der Waals surface area contributed by atoms with Crippen molar-refractivity contribution in [2.45, 2.75) is 37.4 Å². The fraction of sp³-hybridized carbons (Fsp3) is 0.258. The molecule has 1 aromatic heterocycles. The first-order chi connectivity index (χ1) is 19.9. The minimum atomic E-state index is -0.897. The van der Waals surface area contributed by atoms with Crippen molar-refractivity contribution < 1.29 is 19.1 Å². The molecule has 9 nitrogen and oxygen atoms in total. The van der Waals surface area contributed by atoms with E-state index in [1.165, 1.54) is 0 Å². The van der Waals surface area contributed by atoms with Crippen LogP contribution in [0.3, 0.4) is 0 Å². The van der Waals surface area contributed by atoms with E-state index in [2.05, 4.69) is 20.6 Å². The largest absolute Gasteiger partial charge is 0.497 e. The number of fused-ring (bicyclic) bond motifs is 1. The number of para-hydroxylation sites is 1. The maximum atomic E-state index is 13.4. The van der Waals surface area contributed by atoms with Gasteiger partial charge in [0, 0.05) is 35.7 Å². The van der Waals surface area contributed by atoms with Crippen LogP contribution in [-0.4, -0.2) is 41.5 Å². The third-order valence-electron chi connectivity index (χ3n) is 7.22. The van der Waals surface area contributed by atoms with Crippen molar-refractivity contribution in [1.82, 2.24) is 20.6 Å². The van der Waals surface area contributed by atoms with Crippen LogP contribution in [0.25, 0.3) is 0 Å². The summed E-state index contributed by atoms with van der Waals surface area (Å²) in [5.41, 5.74) is 9.79. The van der Waals surface area contributed by atoms with E-state index in [1.54, 1.807) is 43.8 Å². The van der Waals surface area contributed by atoms with Crippen LogP contribution in [0.4, 0.5) is 0 Å². The molecule has 0 aliphatic carbocycles. The van der Waals surface area contributed by atoms with Crippen molar-refractivity contribution in [2.75, 3.05) is 13.7 Å². The van der Waals surface area contributed by atoms with Crippen LogP contribution >= 0.6 is 11.6 Å². The molecule has 1 aliphatic rings. The van der Waals surface area contributed by atoms with Gasteiger partial charge >= 0.3 is 0 Å². The molecule has 212 valence electrons. The SMILES string of the molecule is COc1ccc(C[C@H](NC2CCOc3c(C(=O)N[C@@H](Cc4ccc(Cl)cc4)C(N)=O)cccc32)c2cnc[nH]2)cc1. The number of imidazole rings is 1. The number of primary amides is 1. The molecule has 2 heterocycles. The van der Waals surface area contributed by atoms with Crippen molar-refractivity contribution >= 4 is 23.4 Å². The first kappa shape index (κ1) is 28.2. The molecule has 0 spiro atoms. The number of aromatic nitrogens is 2. The smallest absolute Gasteiger partial charge is 0.255 e. The highest BCUT2D eigenvalue weighted by Gasteiger charge is 2.30. The second-order valence-electron chi connectivity index (χ2n) is 9.95. The molecule has 1 aliphatic heterocycles. The lowest BCUT2D eigenvalue weighted by Crippen LogP contribution is -2.46. The molecule has 0 fully saturated rings. The maximum absolute atomic E-state index is 13.4. The second-order valence-corrected chi connectivity index (χ2v) is 10.4. The molecular weight excluding hydrogens is 542 g/mol. The number of carbonyl (C=O) groups excluding carboxylic acids is 2. The second kappa shape index (κ2) is 12.9. The van der Waals surface area contributed by atoms with Crippen LogP contribution in [0.5, 0.6) is 11.5 Å². The van der Waals surface area contributed by atoms with Gasteiger partial charge in [-0.3, -0.25) is 9.59 Å². The quantitative estimate of drug-likeness (QED) is 0.212. The first-order valence-corrected chi connectivity index (χ1v) is 13.8. The van der Waals surface area contributed by atoms with Crippen LogP contribution in [0.15, 0.2) is 79.3 Å². The van der Waals surface area contributed by atoms with Gasteiger partial charge in [0.05, 0.1) is 37.3 Å². The normalized spacial score (nSPS) is 15.7. The minimum absolute atomic E-state index is 0.0713. The summed E-state index contributed by atoms with van der Waals surface area (Å²) >= 11 is 5.98. The lowest BCUT2D eigenvalue weighted by atomic mass is 9.94. The van der Waals surface area contributed by atoms with Gasteiger partial charge in [-0.25, -0.2) is 4.98 Å². The van der Waals surface area contributed by atoms with E-state index in [9.17, 15) is 9.59 Å². The average molecular weight is 574 g/mol. The molecule has 41 heavy (non-hydrogen) atoms. The number of aromatic amines is 1. The Bertz CT molecular complexity index is 1480. The fourth-order valence-corrected chi connectivity index (χ4v) is 5.17. The Morgan fingerprint density at radius 1 is 1.10 bits per heavy atom. The number of nitrogens with two attached hydrogens (primary N) is 1. The number of benzene rings is 3. The summed E-state index contributed by atoms with van der Waals surface area (Å²) in [6.07, 6.45) is 5.15. The summed E-state index contributed by atoms with van der Waals surface area (Å²) in [5.74, 6) is 0.245. The van der Waals surface area contributed by atoms with Crippen molar-refractivity contribution in [3.63, 3.8) is 0 Å². The first-order valence-electron chi connectivity index (χ1n) is 13.4. The zero-order valence-electron chi connectivity index (χ0n) is 22.6. The average Bonchev–Trinajstić information content (AvgIpc) is 3.53. The molecule has 10 heteroatoms. The van der Waals surface area contributed by atoms with Gasteiger partial charge in [0.2, 0.25) is 5.91 Å². The van der Waals surface area contributed by atoms with E-state index in [1.807, 2.05) is 42.6 Å². The van der Waals surface area contributed by atoms with E-state index < -0.39 is 17.9 Å². The third-order valence-corrected chi connectivity index (χ3v) is 7.47. The predicted octanol–water partition coefficient (Wildman–Crippen LogP) is 4.30. The van der Waals surface area contributed by atoms with E-state index >= 15 is 0 Å². The number of nitrogens with one attached hydrogen (secondary N) is 3. The molecule has 3 aromatic carbocycles. The van der Waals surface area contributed by atoms with Crippen LogP contribution in [0.2, 0.25) is 5.02 Å². The number of hydrogen-bond donors (Lipinski definition) is 4. The summed E-state index contributed by atoms with van der Waals surface area (Å²) in [6, 6.07) is 19.5. The molecule has 0 saturated carbocycles. The summed E-state index contributed by atoms with van der Waals surface area (Å²) in [7, 11) is 1.65. The zero-order chi connectivity index (χ0) is 28.8. The lowest BCUT2D eigenvalue weighted by molar-refractivity contribution is -0.119. The van der Waals surface area contributed by atoms with Gasteiger partial charge in [0.1, 0.15) is 17.5 Å². The molecule has 3 atom stereocenters. The molecule has 2 amide bonds. The van der Waals surface area contributed by atoms with Crippen LogP contribution < -0.4 is 25.8 Å². The standard InChI is InChI=1S/C31H32ClN5O4/c1-40-22-11-7-20(8-12-22)15-26(28-17-34-18-35-28)36-25-13-14-41-29-23(25)3-2-4-24(29)31(39)37-27(30(33)38)16-19-5-9-21(32)10-6-19/h2-12,17-18,25-27,36H,13-16H2,1H3,(H2,33,38)(H,34,35)(H,37,39)/t25?,26-,27-/m0/s1. The van der Waals surface area contributed by atoms with Gasteiger partial charge in [-0.2, -0.15) is 0 Å². The van der Waals surface area contributed by atoms with Gasteiger partial charge < -0.3 is 30.8 Å². The highest BCUT2D eigenvalue weighted by Crippen LogP contribution is 2.37. The molecule has 0 bridgehead atoms. The van der Waals surface area contributed by atoms with E-state index in [-0.39, 0.29) is 18.5 Å². The Kier molecular flexibility index (Phi) is 8.86. The molecule has 0 radical (unpaired) electrons. The number of rotatable bonds is 11. The minimum Gasteiger partial charge on any atom is -0.497 e. The van der Waals surface area contributed by atoms with Crippen molar-refractivity contribution in [3.05, 3.63) is 112 Å². The zero-order valence-corrected chi connectivity index (χ0v) is 23.4. The van der Waals surface area contributed by atoms with Gasteiger partial charge in [0.25, 0.3) is 5.91 Å². The van der Waals surface area contributed by atoms with E-state index in [4.69, 9.17) is 26.8 Å². The summed E-state index contributed by atoms with van der Waals surface area (Å²) in [5, 5.41) is 7.14. The Labute approximate surface area is 243 Å². The Morgan fingerprint density at radius 3 is 2.51 bits per heavy atom. The van der Waals surface area contributed by atoms with Crippen LogP contribution in [-0.2, 0) is 17.6 Å². The highest BCUT2D eigenvalue weighted by molar-refractivity contribution is 6.30. The maximum Gasteiger partial charge on any atom is 0.255 e. The Morgan fingerprint density at radius 2 is 1.83 bits per heavy atom. The number of carbonyl (C=O) groups is 2. The number of amides is 2. The predicted molar refractivity (Wildman–Crippen MR) is 156 cm³/mol. The van der Waals surface area contributed by atoms with Gasteiger partial charge in [-0.1, -0.05) is 48.0 Å². The third kappa shape index (κ3) is 6.87. The van der Waals surface area contributed by atoms with Crippen molar-refractivity contribution in [2.24, 2.45) is 5.73 Å². The Balaban J connectivity index is 1.35. The van der Waals surface area contributed by atoms with E-state index in [0.717, 1.165) is 28.1 Å². The number of nitrogens with zero attached hydrogens (tertiary/aromatic N) is 1. The fourth-order valence-electron chi connectivity index (χ4n) is 5.05. The summed E-state index contributed by atoms with van der Waals surface area (Å²) < 4.78 is 11.3. The number of ether oxygens (including phenoxy) is 2. The van der Waals surface area contributed by atoms with Gasteiger partial charge in [-0.15, -0.1) is 0 Å². The lowest BCUT2D eigenvalue weighted by Gasteiger charge is -2.31. The molecule has 5 N–H and O–H groups in total. The van der Waals surface area contributed by atoms with Crippen molar-refractivity contribution in [3.8, 4) is 11.5 Å². The molecule has 5 rings (SSSR count). The van der Waals surface area contributed by atoms with Crippen molar-refractivity contribution in [1.29, 1.82) is 0 Å². The monoisotopic (exact) mass is 573 g/mol.